The fourth-order valence-electron chi connectivity index (χ4n) is 4.17. The highest BCUT2D eigenvalue weighted by molar-refractivity contribution is 6.44. The summed E-state index contributed by atoms with van der Waals surface area (Å²) in [4.78, 5) is 22.8. The van der Waals surface area contributed by atoms with Gasteiger partial charge in [0.1, 0.15) is 23.0 Å². The van der Waals surface area contributed by atoms with Crippen LogP contribution in [0.2, 0.25) is 0 Å². The Hall–Kier alpha value is -2.96. The molecule has 1 spiro atoms. The van der Waals surface area contributed by atoms with Crippen molar-refractivity contribution in [3.05, 3.63) is 71.3 Å². The number of fused-ring (bicyclic) bond motifs is 6. The fourth-order valence-corrected chi connectivity index (χ4v) is 4.77. The summed E-state index contributed by atoms with van der Waals surface area (Å²) in [5.74, 6) is -0.377. The SMILES string of the molecule is CC(=O)Oc1ccc2c(c1)Oc1cc(O)ccc1C21OC(=O)C2(Cl)C1=CC=CC2Cl. The second-order valence-electron chi connectivity index (χ2n) is 7.18. The van der Waals surface area contributed by atoms with Crippen LogP contribution in [0.5, 0.6) is 23.0 Å². The van der Waals surface area contributed by atoms with E-state index in [-0.39, 0.29) is 17.2 Å². The number of allylic oxidation sites excluding steroid dienone is 3. The molecule has 3 unspecified atom stereocenters. The Labute approximate surface area is 181 Å². The molecule has 3 atom stereocenters. The average molecular weight is 445 g/mol. The number of hydrogen-bond acceptors (Lipinski definition) is 6. The molecule has 30 heavy (non-hydrogen) atoms. The molecule has 0 amide bonds. The van der Waals surface area contributed by atoms with Crippen LogP contribution in [0.1, 0.15) is 18.1 Å². The van der Waals surface area contributed by atoms with Crippen molar-refractivity contribution in [2.24, 2.45) is 0 Å². The van der Waals surface area contributed by atoms with Crippen molar-refractivity contribution < 1.29 is 28.9 Å². The van der Waals surface area contributed by atoms with Gasteiger partial charge in [0.05, 0.1) is 5.38 Å². The van der Waals surface area contributed by atoms with Crippen molar-refractivity contribution in [1.82, 2.24) is 0 Å². The normalized spacial score (nSPS) is 28.0. The number of hydrogen-bond donors (Lipinski definition) is 1. The predicted molar refractivity (Wildman–Crippen MR) is 108 cm³/mol. The van der Waals surface area contributed by atoms with Crippen LogP contribution in [0.4, 0.5) is 0 Å². The molecule has 0 aromatic heterocycles. The number of halogens is 2. The molecule has 1 saturated heterocycles. The molecule has 0 bridgehead atoms. The first kappa shape index (κ1) is 19.0. The molecule has 2 heterocycles. The minimum absolute atomic E-state index is 0.0299. The van der Waals surface area contributed by atoms with E-state index in [1.807, 2.05) is 0 Å². The summed E-state index contributed by atoms with van der Waals surface area (Å²) in [6.07, 6.45) is 5.06. The zero-order valence-electron chi connectivity index (χ0n) is 15.5. The van der Waals surface area contributed by atoms with Gasteiger partial charge in [0.2, 0.25) is 0 Å². The van der Waals surface area contributed by atoms with Crippen molar-refractivity contribution in [2.45, 2.75) is 22.8 Å². The van der Waals surface area contributed by atoms with Crippen LogP contribution in [0, 0.1) is 0 Å². The summed E-state index contributed by atoms with van der Waals surface area (Å²) in [7, 11) is 0. The summed E-state index contributed by atoms with van der Waals surface area (Å²) in [5, 5.41) is 9.17. The van der Waals surface area contributed by atoms with E-state index >= 15 is 0 Å². The van der Waals surface area contributed by atoms with Gasteiger partial charge in [-0.3, -0.25) is 4.79 Å². The van der Waals surface area contributed by atoms with Gasteiger partial charge in [-0.25, -0.2) is 4.79 Å². The highest BCUT2D eigenvalue weighted by Crippen LogP contribution is 2.62. The summed E-state index contributed by atoms with van der Waals surface area (Å²) in [6.45, 7) is 1.29. The standard InChI is InChI=1S/C22H14Cl2O6/c1-11(25)28-13-6-8-15-17(10-13)29-16-9-12(26)5-7-14(16)22(15)18-3-2-4-19(23)21(18,24)20(27)30-22/h2-10,19,26H,1H3. The van der Waals surface area contributed by atoms with Gasteiger partial charge in [-0.15, -0.1) is 11.6 Å². The summed E-state index contributed by atoms with van der Waals surface area (Å²) in [5.41, 5.74) is 0.0235. The molecular weight excluding hydrogens is 431 g/mol. The highest BCUT2D eigenvalue weighted by Gasteiger charge is 2.67. The summed E-state index contributed by atoms with van der Waals surface area (Å²) >= 11 is 13.2. The number of benzene rings is 2. The quantitative estimate of drug-likeness (QED) is 0.401. The van der Waals surface area contributed by atoms with Gasteiger partial charge < -0.3 is 19.3 Å². The number of carbonyl (C=O) groups is 2. The number of phenols is 1. The van der Waals surface area contributed by atoms with Gasteiger partial charge in [-0.05, 0) is 24.3 Å². The van der Waals surface area contributed by atoms with Crippen molar-refractivity contribution in [3.63, 3.8) is 0 Å². The zero-order chi connectivity index (χ0) is 21.3. The fraction of sp³-hybridized carbons (Fsp3) is 0.182. The molecule has 1 N–H and O–H groups in total. The van der Waals surface area contributed by atoms with E-state index in [2.05, 4.69) is 0 Å². The molecule has 5 rings (SSSR count). The lowest BCUT2D eigenvalue weighted by molar-refractivity contribution is -0.147. The third-order valence-electron chi connectivity index (χ3n) is 5.40. The summed E-state index contributed by atoms with van der Waals surface area (Å²) < 4.78 is 17.1. The maximum absolute atomic E-state index is 13.0. The smallest absolute Gasteiger partial charge is 0.335 e. The van der Waals surface area contributed by atoms with E-state index in [4.69, 9.17) is 37.4 Å². The van der Waals surface area contributed by atoms with E-state index in [1.54, 1.807) is 36.4 Å². The molecule has 6 nitrogen and oxygen atoms in total. The molecule has 8 heteroatoms. The topological polar surface area (TPSA) is 82.1 Å². The lowest BCUT2D eigenvalue weighted by atomic mass is 9.73. The van der Waals surface area contributed by atoms with E-state index in [9.17, 15) is 14.7 Å². The number of rotatable bonds is 1. The number of aromatic hydroxyl groups is 1. The average Bonchev–Trinajstić information content (AvgIpc) is 2.91. The van der Waals surface area contributed by atoms with Crippen LogP contribution >= 0.6 is 23.2 Å². The Morgan fingerprint density at radius 1 is 1.17 bits per heavy atom. The van der Waals surface area contributed by atoms with Gasteiger partial charge in [-0.2, -0.15) is 0 Å². The van der Waals surface area contributed by atoms with E-state index in [0.717, 1.165) is 0 Å². The monoisotopic (exact) mass is 444 g/mol. The minimum Gasteiger partial charge on any atom is -0.508 e. The van der Waals surface area contributed by atoms with Gasteiger partial charge in [0.25, 0.3) is 0 Å². The van der Waals surface area contributed by atoms with Gasteiger partial charge >= 0.3 is 11.9 Å². The maximum atomic E-state index is 13.0. The molecule has 2 aliphatic heterocycles. The third kappa shape index (κ3) is 2.38. The lowest BCUT2D eigenvalue weighted by Gasteiger charge is -2.38. The first-order chi connectivity index (χ1) is 14.3. The molecular formula is C22H14Cl2O6. The number of esters is 2. The van der Waals surface area contributed by atoms with Gasteiger partial charge in [0, 0.05) is 35.8 Å². The Bertz CT molecular complexity index is 1190. The molecule has 0 saturated carbocycles. The first-order valence-corrected chi connectivity index (χ1v) is 9.88. The van der Waals surface area contributed by atoms with Crippen LogP contribution in [0.25, 0.3) is 0 Å². The Morgan fingerprint density at radius 3 is 2.60 bits per heavy atom. The lowest BCUT2D eigenvalue weighted by Crippen LogP contribution is -2.42. The van der Waals surface area contributed by atoms with Crippen molar-refractivity contribution in [1.29, 1.82) is 0 Å². The molecule has 152 valence electrons. The molecule has 2 aromatic rings. The van der Waals surface area contributed by atoms with Crippen LogP contribution in [-0.4, -0.2) is 27.3 Å². The minimum atomic E-state index is -1.60. The Kier molecular flexibility index (Phi) is 3.98. The number of alkyl halides is 2. The second-order valence-corrected chi connectivity index (χ2v) is 8.25. The van der Waals surface area contributed by atoms with Crippen molar-refractivity contribution in [2.75, 3.05) is 0 Å². The van der Waals surface area contributed by atoms with Crippen LogP contribution in [0.3, 0.4) is 0 Å². The molecule has 2 aromatic carbocycles. The van der Waals surface area contributed by atoms with E-state index < -0.39 is 27.8 Å². The molecule has 1 fully saturated rings. The van der Waals surface area contributed by atoms with E-state index in [1.165, 1.54) is 25.1 Å². The number of ether oxygens (including phenoxy) is 3. The number of carbonyl (C=O) groups excluding carboxylic acids is 2. The zero-order valence-corrected chi connectivity index (χ0v) is 17.0. The maximum Gasteiger partial charge on any atom is 0.335 e. The molecule has 3 aliphatic rings. The van der Waals surface area contributed by atoms with Crippen LogP contribution in [0.15, 0.2) is 60.2 Å². The molecule has 1 aliphatic carbocycles. The summed E-state index contributed by atoms with van der Waals surface area (Å²) in [6, 6.07) is 9.26. The van der Waals surface area contributed by atoms with Crippen LogP contribution in [-0.2, 0) is 19.9 Å². The van der Waals surface area contributed by atoms with E-state index in [0.29, 0.717) is 22.4 Å². The highest BCUT2D eigenvalue weighted by atomic mass is 35.5. The van der Waals surface area contributed by atoms with Gasteiger partial charge in [-0.1, -0.05) is 29.8 Å². The predicted octanol–water partition coefficient (Wildman–Crippen LogP) is 4.30. The Morgan fingerprint density at radius 2 is 1.87 bits per heavy atom. The largest absolute Gasteiger partial charge is 0.508 e. The Balaban J connectivity index is 1.81. The van der Waals surface area contributed by atoms with Crippen molar-refractivity contribution in [3.8, 4) is 23.0 Å². The van der Waals surface area contributed by atoms with Gasteiger partial charge in [0.15, 0.2) is 10.5 Å². The molecule has 0 radical (unpaired) electrons. The first-order valence-electron chi connectivity index (χ1n) is 9.07. The van der Waals surface area contributed by atoms with Crippen LogP contribution < -0.4 is 9.47 Å². The van der Waals surface area contributed by atoms with Crippen molar-refractivity contribution >= 4 is 35.1 Å². The second kappa shape index (κ2) is 6.27. The third-order valence-corrected chi connectivity index (χ3v) is 6.57. The number of phenolic OH excluding ortho intramolecular Hbond substituents is 1.